The van der Waals surface area contributed by atoms with E-state index in [2.05, 4.69) is 9.97 Å². The van der Waals surface area contributed by atoms with Crippen molar-refractivity contribution in [3.05, 3.63) is 48.3 Å². The quantitative estimate of drug-likeness (QED) is 0.818. The average molecular weight is 325 g/mol. The number of ether oxygens (including phenoxy) is 1. The van der Waals surface area contributed by atoms with E-state index in [0.29, 0.717) is 30.6 Å². The normalized spacial score (nSPS) is 14.7. The predicted octanol–water partition coefficient (Wildman–Crippen LogP) is 3.17. The van der Waals surface area contributed by atoms with E-state index < -0.39 is 0 Å². The molecule has 1 aromatic heterocycles. The molecule has 0 spiro atoms. The largest absolute Gasteiger partial charge is 0.383 e. The van der Waals surface area contributed by atoms with Crippen LogP contribution in [0.2, 0.25) is 0 Å². The maximum atomic E-state index is 12.9. The maximum Gasteiger partial charge on any atom is 0.257 e. The van der Waals surface area contributed by atoms with Gasteiger partial charge < -0.3 is 9.64 Å². The summed E-state index contributed by atoms with van der Waals surface area (Å²) in [5, 5.41) is 0. The molecule has 0 saturated heterocycles. The third kappa shape index (κ3) is 3.79. The van der Waals surface area contributed by atoms with Gasteiger partial charge >= 0.3 is 0 Å². The molecule has 1 fully saturated rings. The number of hydrogen-bond acceptors (Lipinski definition) is 4. The fraction of sp³-hybridized carbons (Fsp3) is 0.421. The zero-order valence-electron chi connectivity index (χ0n) is 14.0. The van der Waals surface area contributed by atoms with Gasteiger partial charge in [0.15, 0.2) is 5.82 Å². The lowest BCUT2D eigenvalue weighted by atomic mass is 10.1. The van der Waals surface area contributed by atoms with Gasteiger partial charge in [0.1, 0.15) is 0 Å². The number of aromatic nitrogens is 2. The second-order valence-corrected chi connectivity index (χ2v) is 6.09. The van der Waals surface area contributed by atoms with Gasteiger partial charge in [-0.25, -0.2) is 9.97 Å². The van der Waals surface area contributed by atoms with Crippen LogP contribution in [0.4, 0.5) is 0 Å². The Balaban J connectivity index is 1.77. The number of amides is 1. The molecule has 5 nitrogen and oxygen atoms in total. The monoisotopic (exact) mass is 325 g/mol. The molecule has 1 saturated carbocycles. The Bertz CT molecular complexity index is 652. The SMILES string of the molecule is COCCN(C(=O)c1cnc(-c2ccccc2)nc1)C1CCCC1. The van der Waals surface area contributed by atoms with Crippen LogP contribution in [-0.2, 0) is 4.74 Å². The summed E-state index contributed by atoms with van der Waals surface area (Å²) in [6.07, 6.45) is 7.77. The summed E-state index contributed by atoms with van der Waals surface area (Å²) in [6, 6.07) is 10.1. The molecular formula is C19H23N3O2. The fourth-order valence-corrected chi connectivity index (χ4v) is 3.20. The first-order chi connectivity index (χ1) is 11.8. The molecule has 1 aromatic carbocycles. The molecular weight excluding hydrogens is 302 g/mol. The van der Waals surface area contributed by atoms with Gasteiger partial charge in [0.2, 0.25) is 0 Å². The fourth-order valence-electron chi connectivity index (χ4n) is 3.20. The molecule has 0 unspecified atom stereocenters. The molecule has 24 heavy (non-hydrogen) atoms. The number of hydrogen-bond donors (Lipinski definition) is 0. The second-order valence-electron chi connectivity index (χ2n) is 6.09. The molecule has 1 amide bonds. The summed E-state index contributed by atoms with van der Waals surface area (Å²) in [6.45, 7) is 1.16. The Morgan fingerprint density at radius 1 is 1.17 bits per heavy atom. The molecule has 1 aliphatic carbocycles. The molecule has 1 aliphatic rings. The number of carbonyl (C=O) groups excluding carboxylic acids is 1. The minimum absolute atomic E-state index is 0.00133. The second kappa shape index (κ2) is 8.02. The number of carbonyl (C=O) groups is 1. The van der Waals surface area contributed by atoms with Crippen LogP contribution in [-0.4, -0.2) is 47.1 Å². The summed E-state index contributed by atoms with van der Waals surface area (Å²) in [4.78, 5) is 23.5. The van der Waals surface area contributed by atoms with Crippen LogP contribution in [0.5, 0.6) is 0 Å². The Morgan fingerprint density at radius 3 is 2.46 bits per heavy atom. The van der Waals surface area contributed by atoms with Crippen LogP contribution in [0.1, 0.15) is 36.0 Å². The molecule has 5 heteroatoms. The smallest absolute Gasteiger partial charge is 0.257 e. The highest BCUT2D eigenvalue weighted by atomic mass is 16.5. The van der Waals surface area contributed by atoms with E-state index in [-0.39, 0.29) is 5.91 Å². The van der Waals surface area contributed by atoms with Crippen LogP contribution in [0.25, 0.3) is 11.4 Å². The van der Waals surface area contributed by atoms with Crippen LogP contribution in [0, 0.1) is 0 Å². The minimum atomic E-state index is -0.00133. The summed E-state index contributed by atoms with van der Waals surface area (Å²) >= 11 is 0. The summed E-state index contributed by atoms with van der Waals surface area (Å²) in [7, 11) is 1.66. The van der Waals surface area contributed by atoms with Gasteiger partial charge in [-0.3, -0.25) is 4.79 Å². The van der Waals surface area contributed by atoms with Gasteiger partial charge in [0.25, 0.3) is 5.91 Å². The van der Waals surface area contributed by atoms with Crippen molar-refractivity contribution in [3.63, 3.8) is 0 Å². The predicted molar refractivity (Wildman–Crippen MR) is 92.6 cm³/mol. The van der Waals surface area contributed by atoms with E-state index >= 15 is 0 Å². The van der Waals surface area contributed by atoms with Gasteiger partial charge in [0, 0.05) is 37.7 Å². The molecule has 126 valence electrons. The maximum absolute atomic E-state index is 12.9. The lowest BCUT2D eigenvalue weighted by molar-refractivity contribution is 0.0605. The van der Waals surface area contributed by atoms with Gasteiger partial charge in [0.05, 0.1) is 12.2 Å². The van der Waals surface area contributed by atoms with Crippen molar-refractivity contribution in [2.24, 2.45) is 0 Å². The topological polar surface area (TPSA) is 55.3 Å². The molecule has 0 bridgehead atoms. The Morgan fingerprint density at radius 2 is 1.83 bits per heavy atom. The van der Waals surface area contributed by atoms with Crippen molar-refractivity contribution in [1.29, 1.82) is 0 Å². The van der Waals surface area contributed by atoms with Crippen molar-refractivity contribution >= 4 is 5.91 Å². The summed E-state index contributed by atoms with van der Waals surface area (Å²) < 4.78 is 5.17. The van der Waals surface area contributed by atoms with Crippen LogP contribution in [0.15, 0.2) is 42.7 Å². The van der Waals surface area contributed by atoms with Gasteiger partial charge in [-0.2, -0.15) is 0 Å². The Labute approximate surface area is 142 Å². The number of benzene rings is 1. The van der Waals surface area contributed by atoms with Gasteiger partial charge in [-0.15, -0.1) is 0 Å². The molecule has 0 aliphatic heterocycles. The van der Waals surface area contributed by atoms with Crippen molar-refractivity contribution in [3.8, 4) is 11.4 Å². The first kappa shape index (κ1) is 16.6. The molecule has 2 aromatic rings. The van der Waals surface area contributed by atoms with Crippen molar-refractivity contribution in [2.45, 2.75) is 31.7 Å². The number of nitrogens with zero attached hydrogens (tertiary/aromatic N) is 3. The lowest BCUT2D eigenvalue weighted by Gasteiger charge is -2.28. The zero-order chi connectivity index (χ0) is 16.8. The van der Waals surface area contributed by atoms with E-state index in [4.69, 9.17) is 4.74 Å². The molecule has 1 heterocycles. The first-order valence-electron chi connectivity index (χ1n) is 8.47. The first-order valence-corrected chi connectivity index (χ1v) is 8.47. The highest BCUT2D eigenvalue weighted by Crippen LogP contribution is 2.25. The van der Waals surface area contributed by atoms with Crippen molar-refractivity contribution in [2.75, 3.05) is 20.3 Å². The van der Waals surface area contributed by atoms with E-state index in [9.17, 15) is 4.79 Å². The molecule has 0 radical (unpaired) electrons. The zero-order valence-corrected chi connectivity index (χ0v) is 14.0. The average Bonchev–Trinajstić information content (AvgIpc) is 3.17. The van der Waals surface area contributed by atoms with E-state index in [0.717, 1.165) is 18.4 Å². The molecule has 0 N–H and O–H groups in total. The number of rotatable bonds is 6. The van der Waals surface area contributed by atoms with E-state index in [1.165, 1.54) is 12.8 Å². The highest BCUT2D eigenvalue weighted by molar-refractivity contribution is 5.94. The van der Waals surface area contributed by atoms with E-state index in [1.807, 2.05) is 35.2 Å². The molecule has 0 atom stereocenters. The van der Waals surface area contributed by atoms with Crippen LogP contribution >= 0.6 is 0 Å². The standard InChI is InChI=1S/C19H23N3O2/c1-24-12-11-22(17-9-5-6-10-17)19(23)16-13-20-18(21-14-16)15-7-3-2-4-8-15/h2-4,7-8,13-14,17H,5-6,9-12H2,1H3. The van der Waals surface area contributed by atoms with Crippen LogP contribution in [0.3, 0.4) is 0 Å². The number of methoxy groups -OCH3 is 1. The van der Waals surface area contributed by atoms with Gasteiger partial charge in [-0.05, 0) is 12.8 Å². The lowest BCUT2D eigenvalue weighted by Crippen LogP contribution is -2.41. The van der Waals surface area contributed by atoms with Crippen molar-refractivity contribution in [1.82, 2.24) is 14.9 Å². The Hall–Kier alpha value is -2.27. The minimum Gasteiger partial charge on any atom is -0.383 e. The summed E-state index contributed by atoms with van der Waals surface area (Å²) in [5.74, 6) is 0.634. The highest BCUT2D eigenvalue weighted by Gasteiger charge is 2.27. The Kier molecular flexibility index (Phi) is 5.54. The third-order valence-corrected chi connectivity index (χ3v) is 4.49. The summed E-state index contributed by atoms with van der Waals surface area (Å²) in [5.41, 5.74) is 1.49. The van der Waals surface area contributed by atoms with E-state index in [1.54, 1.807) is 19.5 Å². The molecule has 3 rings (SSSR count). The third-order valence-electron chi connectivity index (χ3n) is 4.49. The van der Waals surface area contributed by atoms with Crippen LogP contribution < -0.4 is 0 Å². The van der Waals surface area contributed by atoms with Crippen molar-refractivity contribution < 1.29 is 9.53 Å². The van der Waals surface area contributed by atoms with Gasteiger partial charge in [-0.1, -0.05) is 43.2 Å².